The highest BCUT2D eigenvalue weighted by Crippen LogP contribution is 2.20. The third-order valence-corrected chi connectivity index (χ3v) is 4.19. The molecule has 7 nitrogen and oxygen atoms in total. The van der Waals surface area contributed by atoms with E-state index in [9.17, 15) is 14.4 Å². The number of carboxylic acids is 1. The SMILES string of the molecule is O=C(O)CCC1CCCCN1C(=O)CNC(=O)COc1ccccc1. The molecule has 1 unspecified atom stereocenters. The van der Waals surface area contributed by atoms with Gasteiger partial charge in [0.05, 0.1) is 6.54 Å². The third-order valence-electron chi connectivity index (χ3n) is 4.19. The average molecular weight is 348 g/mol. The van der Waals surface area contributed by atoms with Gasteiger partial charge in [-0.1, -0.05) is 18.2 Å². The highest BCUT2D eigenvalue weighted by atomic mass is 16.5. The first-order valence-electron chi connectivity index (χ1n) is 8.52. The van der Waals surface area contributed by atoms with Crippen molar-refractivity contribution in [2.75, 3.05) is 19.7 Å². The average Bonchev–Trinajstić information content (AvgIpc) is 2.63. The summed E-state index contributed by atoms with van der Waals surface area (Å²) in [7, 11) is 0. The normalized spacial score (nSPS) is 17.0. The summed E-state index contributed by atoms with van der Waals surface area (Å²) in [6.07, 6.45) is 3.20. The second kappa shape index (κ2) is 9.66. The van der Waals surface area contributed by atoms with Crippen LogP contribution in [-0.2, 0) is 14.4 Å². The zero-order valence-electron chi connectivity index (χ0n) is 14.1. The van der Waals surface area contributed by atoms with Gasteiger partial charge in [-0.2, -0.15) is 0 Å². The molecule has 1 aliphatic heterocycles. The fourth-order valence-electron chi connectivity index (χ4n) is 2.91. The van der Waals surface area contributed by atoms with E-state index in [1.54, 1.807) is 17.0 Å². The van der Waals surface area contributed by atoms with Crippen LogP contribution in [0.25, 0.3) is 0 Å². The van der Waals surface area contributed by atoms with Gasteiger partial charge in [0, 0.05) is 19.0 Å². The predicted molar refractivity (Wildman–Crippen MR) is 91.2 cm³/mol. The molecule has 0 aliphatic carbocycles. The molecule has 0 spiro atoms. The number of nitrogens with one attached hydrogen (secondary N) is 1. The lowest BCUT2D eigenvalue weighted by molar-refractivity contribution is -0.140. The molecule has 2 N–H and O–H groups in total. The van der Waals surface area contributed by atoms with Crippen LogP contribution in [0.4, 0.5) is 0 Å². The summed E-state index contributed by atoms with van der Waals surface area (Å²) in [6, 6.07) is 8.91. The van der Waals surface area contributed by atoms with Crippen LogP contribution in [0.15, 0.2) is 30.3 Å². The van der Waals surface area contributed by atoms with E-state index in [0.29, 0.717) is 18.7 Å². The van der Waals surface area contributed by atoms with Gasteiger partial charge in [-0.25, -0.2) is 0 Å². The number of hydrogen-bond acceptors (Lipinski definition) is 4. The highest BCUT2D eigenvalue weighted by Gasteiger charge is 2.27. The molecule has 1 heterocycles. The van der Waals surface area contributed by atoms with Gasteiger partial charge in [0.15, 0.2) is 6.61 Å². The summed E-state index contributed by atoms with van der Waals surface area (Å²) in [4.78, 5) is 36.6. The van der Waals surface area contributed by atoms with Crippen molar-refractivity contribution >= 4 is 17.8 Å². The van der Waals surface area contributed by atoms with Crippen molar-refractivity contribution in [1.29, 1.82) is 0 Å². The number of nitrogens with zero attached hydrogens (tertiary/aromatic N) is 1. The van der Waals surface area contributed by atoms with Crippen LogP contribution in [-0.4, -0.2) is 53.5 Å². The number of amides is 2. The van der Waals surface area contributed by atoms with Gasteiger partial charge in [0.25, 0.3) is 5.91 Å². The van der Waals surface area contributed by atoms with Crippen molar-refractivity contribution in [2.45, 2.75) is 38.1 Å². The van der Waals surface area contributed by atoms with E-state index >= 15 is 0 Å². The number of rotatable bonds is 8. The van der Waals surface area contributed by atoms with Gasteiger partial charge in [-0.05, 0) is 37.8 Å². The monoisotopic (exact) mass is 348 g/mol. The first-order valence-corrected chi connectivity index (χ1v) is 8.52. The first kappa shape index (κ1) is 18.8. The van der Waals surface area contributed by atoms with Gasteiger partial charge >= 0.3 is 5.97 Å². The number of aliphatic carboxylic acids is 1. The molecule has 0 aromatic heterocycles. The number of likely N-dealkylation sites (tertiary alicyclic amines) is 1. The number of hydrogen-bond donors (Lipinski definition) is 2. The number of carbonyl (C=O) groups excluding carboxylic acids is 2. The maximum atomic E-state index is 12.4. The van der Waals surface area contributed by atoms with E-state index in [1.807, 2.05) is 18.2 Å². The second-order valence-corrected chi connectivity index (χ2v) is 6.05. The Bertz CT molecular complexity index is 590. The second-order valence-electron chi connectivity index (χ2n) is 6.05. The minimum absolute atomic E-state index is 0.0473. The fourth-order valence-corrected chi connectivity index (χ4v) is 2.91. The molecule has 0 bridgehead atoms. The van der Waals surface area contributed by atoms with E-state index in [1.165, 1.54) is 0 Å². The fraction of sp³-hybridized carbons (Fsp3) is 0.500. The van der Waals surface area contributed by atoms with E-state index in [2.05, 4.69) is 5.32 Å². The van der Waals surface area contributed by atoms with Crippen LogP contribution in [0, 0.1) is 0 Å². The van der Waals surface area contributed by atoms with Crippen LogP contribution in [0.5, 0.6) is 5.75 Å². The maximum absolute atomic E-state index is 12.4. The quantitative estimate of drug-likeness (QED) is 0.741. The van der Waals surface area contributed by atoms with Gasteiger partial charge in [0.2, 0.25) is 5.91 Å². The van der Waals surface area contributed by atoms with Crippen LogP contribution in [0.3, 0.4) is 0 Å². The molecule has 2 rings (SSSR count). The van der Waals surface area contributed by atoms with Crippen LogP contribution >= 0.6 is 0 Å². The lowest BCUT2D eigenvalue weighted by atomic mass is 9.98. The summed E-state index contributed by atoms with van der Waals surface area (Å²) >= 11 is 0. The summed E-state index contributed by atoms with van der Waals surface area (Å²) in [5.74, 6) is -0.808. The number of benzene rings is 1. The minimum atomic E-state index is -0.857. The Balaban J connectivity index is 1.75. The lowest BCUT2D eigenvalue weighted by Gasteiger charge is -2.35. The van der Waals surface area contributed by atoms with E-state index < -0.39 is 5.97 Å². The van der Waals surface area contributed by atoms with Crippen LogP contribution in [0.1, 0.15) is 32.1 Å². The van der Waals surface area contributed by atoms with Crippen LogP contribution < -0.4 is 10.1 Å². The number of carbonyl (C=O) groups is 3. The van der Waals surface area contributed by atoms with Crippen LogP contribution in [0.2, 0.25) is 0 Å². The molecule has 7 heteroatoms. The predicted octanol–water partition coefficient (Wildman–Crippen LogP) is 1.43. The number of carboxylic acid groups (broad SMARTS) is 1. The largest absolute Gasteiger partial charge is 0.484 e. The Morgan fingerprint density at radius 3 is 2.68 bits per heavy atom. The molecular weight excluding hydrogens is 324 g/mol. The smallest absolute Gasteiger partial charge is 0.303 e. The van der Waals surface area contributed by atoms with Crippen molar-refractivity contribution in [1.82, 2.24) is 10.2 Å². The van der Waals surface area contributed by atoms with Crippen molar-refractivity contribution in [2.24, 2.45) is 0 Å². The van der Waals surface area contributed by atoms with E-state index in [-0.39, 0.29) is 37.4 Å². The van der Waals surface area contributed by atoms with Gasteiger partial charge < -0.3 is 20.1 Å². The molecule has 1 aromatic carbocycles. The van der Waals surface area contributed by atoms with Crippen molar-refractivity contribution < 1.29 is 24.2 Å². The van der Waals surface area contributed by atoms with Crippen molar-refractivity contribution in [3.8, 4) is 5.75 Å². The Hall–Kier alpha value is -2.57. The van der Waals surface area contributed by atoms with Gasteiger partial charge in [-0.3, -0.25) is 14.4 Å². The summed E-state index contributed by atoms with van der Waals surface area (Å²) in [6.45, 7) is 0.361. The number of ether oxygens (including phenoxy) is 1. The molecule has 1 atom stereocenters. The number of piperidine rings is 1. The van der Waals surface area contributed by atoms with Gasteiger partial charge in [-0.15, -0.1) is 0 Å². The zero-order valence-corrected chi connectivity index (χ0v) is 14.1. The zero-order chi connectivity index (χ0) is 18.1. The minimum Gasteiger partial charge on any atom is -0.484 e. The molecule has 0 radical (unpaired) electrons. The van der Waals surface area contributed by atoms with E-state index in [0.717, 1.165) is 19.3 Å². The number of para-hydroxylation sites is 1. The standard InChI is InChI=1S/C18H24N2O5/c21-16(13-25-15-7-2-1-3-8-15)19-12-17(22)20-11-5-4-6-14(20)9-10-18(23)24/h1-3,7-8,14H,4-6,9-13H2,(H,19,21)(H,23,24). The summed E-state index contributed by atoms with van der Waals surface area (Å²) in [5.41, 5.74) is 0. The van der Waals surface area contributed by atoms with Gasteiger partial charge in [0.1, 0.15) is 5.75 Å². The molecule has 0 saturated carbocycles. The molecule has 1 saturated heterocycles. The Morgan fingerprint density at radius 1 is 1.20 bits per heavy atom. The molecular formula is C18H24N2O5. The maximum Gasteiger partial charge on any atom is 0.303 e. The summed E-state index contributed by atoms with van der Waals surface area (Å²) in [5, 5.41) is 11.4. The lowest BCUT2D eigenvalue weighted by Crippen LogP contribution is -2.48. The Kier molecular flexibility index (Phi) is 7.25. The molecule has 1 aromatic rings. The molecule has 2 amide bonds. The highest BCUT2D eigenvalue weighted by molar-refractivity contribution is 5.85. The molecule has 1 aliphatic rings. The molecule has 136 valence electrons. The van der Waals surface area contributed by atoms with Crippen molar-refractivity contribution in [3.63, 3.8) is 0 Å². The van der Waals surface area contributed by atoms with E-state index in [4.69, 9.17) is 9.84 Å². The topological polar surface area (TPSA) is 95.9 Å². The molecule has 25 heavy (non-hydrogen) atoms. The Morgan fingerprint density at radius 2 is 1.96 bits per heavy atom. The first-order chi connectivity index (χ1) is 12.1. The summed E-state index contributed by atoms with van der Waals surface area (Å²) < 4.78 is 5.33. The Labute approximate surface area is 147 Å². The third kappa shape index (κ3) is 6.45. The molecule has 1 fully saturated rings. The van der Waals surface area contributed by atoms with Crippen molar-refractivity contribution in [3.05, 3.63) is 30.3 Å².